The van der Waals surface area contributed by atoms with Crippen LogP contribution < -0.4 is 24.8 Å². The van der Waals surface area contributed by atoms with Gasteiger partial charge >= 0.3 is 12.2 Å². The minimum atomic E-state index is -3.92. The summed E-state index contributed by atoms with van der Waals surface area (Å²) in [6.07, 6.45) is -0.138. The number of carbonyl (C=O) groups excluding carboxylic acids is 5. The van der Waals surface area contributed by atoms with Crippen LogP contribution >= 0.6 is 0 Å². The van der Waals surface area contributed by atoms with Gasteiger partial charge in [0, 0.05) is 24.4 Å². The molecule has 52 heavy (non-hydrogen) atoms. The van der Waals surface area contributed by atoms with Gasteiger partial charge in [0.1, 0.15) is 29.3 Å². The summed E-state index contributed by atoms with van der Waals surface area (Å²) in [7, 11) is -3.92. The van der Waals surface area contributed by atoms with Crippen LogP contribution in [0.15, 0.2) is 24.8 Å². The molecule has 16 nitrogen and oxygen atoms in total. The van der Waals surface area contributed by atoms with E-state index in [1.807, 2.05) is 6.07 Å². The molecule has 5 amide bonds. The molecule has 5 aliphatic rings. The van der Waals surface area contributed by atoms with E-state index in [4.69, 9.17) is 18.9 Å². The number of ether oxygens (including phenoxy) is 4. The van der Waals surface area contributed by atoms with Gasteiger partial charge in [-0.05, 0) is 57.1 Å². The Morgan fingerprint density at radius 1 is 1.06 bits per heavy atom. The summed E-state index contributed by atoms with van der Waals surface area (Å²) >= 11 is 0. The van der Waals surface area contributed by atoms with Crippen molar-refractivity contribution in [2.24, 2.45) is 11.3 Å². The molecule has 0 radical (unpaired) electrons. The zero-order chi connectivity index (χ0) is 38.0. The van der Waals surface area contributed by atoms with Gasteiger partial charge in [-0.15, -0.1) is 6.58 Å². The van der Waals surface area contributed by atoms with Crippen molar-refractivity contribution in [2.45, 2.75) is 115 Å². The number of nitrogens with one attached hydrogen (secondary N) is 3. The summed E-state index contributed by atoms with van der Waals surface area (Å²) in [5.74, 6) is -1.66. The van der Waals surface area contributed by atoms with E-state index in [0.29, 0.717) is 24.3 Å². The molecule has 3 aliphatic heterocycles. The number of alkyl carbamates (subject to hydrolysis) is 1. The molecule has 17 heteroatoms. The number of sulfonamides is 1. The first kappa shape index (κ1) is 37.2. The molecular formula is C35H47N5O11S. The van der Waals surface area contributed by atoms with Crippen molar-refractivity contribution in [3.63, 3.8) is 0 Å². The van der Waals surface area contributed by atoms with Crippen molar-refractivity contribution in [2.75, 3.05) is 13.3 Å². The first-order valence-electron chi connectivity index (χ1n) is 17.4. The first-order valence-corrected chi connectivity index (χ1v) is 18.9. The number of hydrogen-bond donors (Lipinski definition) is 3. The smallest absolute Gasteiger partial charge is 0.410 e. The minimum Gasteiger partial charge on any atom is -0.454 e. The Kier molecular flexibility index (Phi) is 9.41. The summed E-state index contributed by atoms with van der Waals surface area (Å²) in [6.45, 7) is 14.4. The van der Waals surface area contributed by atoms with E-state index in [1.165, 1.54) is 15.9 Å². The molecule has 3 heterocycles. The molecule has 0 spiro atoms. The van der Waals surface area contributed by atoms with Crippen molar-refractivity contribution in [3.05, 3.63) is 35.9 Å². The predicted molar refractivity (Wildman–Crippen MR) is 184 cm³/mol. The van der Waals surface area contributed by atoms with Gasteiger partial charge in [-0.2, -0.15) is 0 Å². The molecule has 0 unspecified atom stereocenters. The number of benzene rings is 1. The van der Waals surface area contributed by atoms with E-state index in [-0.39, 0.29) is 39.3 Å². The van der Waals surface area contributed by atoms with Gasteiger partial charge in [0.2, 0.25) is 28.6 Å². The maximum absolute atomic E-state index is 14.4. The Morgan fingerprint density at radius 3 is 2.38 bits per heavy atom. The number of rotatable bonds is 9. The van der Waals surface area contributed by atoms with Crippen LogP contribution in [0.25, 0.3) is 0 Å². The van der Waals surface area contributed by atoms with Crippen molar-refractivity contribution in [1.29, 1.82) is 0 Å². The van der Waals surface area contributed by atoms with Crippen LogP contribution in [-0.2, 0) is 47.0 Å². The Balaban J connectivity index is 1.22. The van der Waals surface area contributed by atoms with Gasteiger partial charge in [0.15, 0.2) is 11.5 Å². The van der Waals surface area contributed by atoms with Crippen molar-refractivity contribution < 1.29 is 51.3 Å². The highest BCUT2D eigenvalue weighted by molar-refractivity contribution is 7.91. The van der Waals surface area contributed by atoms with Gasteiger partial charge in [0.25, 0.3) is 5.91 Å². The number of carbonyl (C=O) groups is 5. The van der Waals surface area contributed by atoms with Gasteiger partial charge in [0.05, 0.1) is 18.3 Å². The largest absolute Gasteiger partial charge is 0.454 e. The zero-order valence-corrected chi connectivity index (χ0v) is 31.1. The molecule has 1 aromatic rings. The number of fused-ring (bicyclic) bond motifs is 3. The van der Waals surface area contributed by atoms with Gasteiger partial charge in [-0.1, -0.05) is 32.9 Å². The highest BCUT2D eigenvalue weighted by atomic mass is 32.2. The molecule has 2 aliphatic carbocycles. The average molecular weight is 746 g/mol. The maximum Gasteiger partial charge on any atom is 0.410 e. The van der Waals surface area contributed by atoms with Crippen LogP contribution in [0, 0.1) is 11.3 Å². The van der Waals surface area contributed by atoms with E-state index in [2.05, 4.69) is 21.9 Å². The number of nitrogens with zero attached hydrogens (tertiary/aromatic N) is 2. The van der Waals surface area contributed by atoms with Crippen LogP contribution in [0.4, 0.5) is 9.59 Å². The summed E-state index contributed by atoms with van der Waals surface area (Å²) < 4.78 is 49.8. The highest BCUT2D eigenvalue weighted by Gasteiger charge is 2.62. The topological polar surface area (TPSA) is 199 Å². The predicted octanol–water partition coefficient (Wildman–Crippen LogP) is 2.45. The third kappa shape index (κ3) is 7.50. The molecule has 3 fully saturated rings. The van der Waals surface area contributed by atoms with E-state index in [9.17, 15) is 32.4 Å². The summed E-state index contributed by atoms with van der Waals surface area (Å²) in [5, 5.41) is 4.71. The molecule has 5 atom stereocenters. The molecule has 3 N–H and O–H groups in total. The SMILES string of the molecule is C=C[C@H]1C[C@@]1(NC(=O)[C@@H]1C[C@@H](OC(=O)N2Cc3ccc4c(c3C2)OCO4)CN1C(=O)[C@@H](NC(=O)OC(C)(C)C)C(C)(C)C)C(=O)NS(=O)(=O)C1CC1. The summed E-state index contributed by atoms with van der Waals surface area (Å²) in [6, 6.07) is 1.21. The van der Waals surface area contributed by atoms with E-state index in [0.717, 1.165) is 11.1 Å². The molecular weight excluding hydrogens is 698 g/mol. The lowest BCUT2D eigenvalue weighted by molar-refractivity contribution is -0.143. The van der Waals surface area contributed by atoms with Crippen LogP contribution in [0.3, 0.4) is 0 Å². The third-order valence-corrected chi connectivity index (χ3v) is 11.7. The molecule has 0 bridgehead atoms. The highest BCUT2D eigenvalue weighted by Crippen LogP contribution is 2.46. The van der Waals surface area contributed by atoms with Crippen LogP contribution in [-0.4, -0.2) is 96.0 Å². The quantitative estimate of drug-likeness (QED) is 0.314. The third-order valence-electron chi connectivity index (χ3n) is 9.85. The molecule has 2 saturated carbocycles. The van der Waals surface area contributed by atoms with E-state index in [1.54, 1.807) is 47.6 Å². The lowest BCUT2D eigenvalue weighted by Crippen LogP contribution is -2.60. The van der Waals surface area contributed by atoms with Crippen molar-refractivity contribution >= 4 is 39.9 Å². The maximum atomic E-state index is 14.4. The number of amides is 5. The molecule has 1 saturated heterocycles. The zero-order valence-electron chi connectivity index (χ0n) is 30.3. The van der Waals surface area contributed by atoms with Crippen LogP contribution in [0.1, 0.15) is 78.4 Å². The second-order valence-electron chi connectivity index (χ2n) is 16.2. The van der Waals surface area contributed by atoms with Crippen LogP contribution in [0.5, 0.6) is 11.5 Å². The standard InChI is InChI=1S/C35H47N5O11S/c1-8-20-14-35(20,30(43)38-52(46,47)22-10-11-22)37-28(41)24-13-21(16-40(24)29(42)27(33(2,3)4)36-31(44)51-34(5,6)7)50-32(45)39-15-19-9-12-25-26(23(19)17-39)49-18-48-25/h8-9,12,20-22,24,27H,1,10-11,13-18H2,2-7H3,(H,36,44)(H,37,41)(H,38,43)/t20-,21+,24-,27+,35-/m0/s1. The first-order chi connectivity index (χ1) is 24.2. The van der Waals surface area contributed by atoms with Gasteiger partial charge < -0.3 is 34.5 Å². The Hall–Kier alpha value is -4.54. The number of hydrogen-bond acceptors (Lipinski definition) is 11. The number of likely N-dealkylation sites (tertiary alicyclic amines) is 1. The normalized spacial score (nSPS) is 25.5. The minimum absolute atomic E-state index is 0.0801. The monoisotopic (exact) mass is 745 g/mol. The lowest BCUT2D eigenvalue weighted by Gasteiger charge is -2.36. The fourth-order valence-electron chi connectivity index (χ4n) is 6.82. The molecule has 284 valence electrons. The second kappa shape index (κ2) is 13.1. The average Bonchev–Trinajstić information content (AvgIpc) is 3.84. The molecule has 6 rings (SSSR count). The Bertz CT molecular complexity index is 1800. The Labute approximate surface area is 302 Å². The fourth-order valence-corrected chi connectivity index (χ4v) is 8.19. The van der Waals surface area contributed by atoms with Crippen molar-refractivity contribution in [3.8, 4) is 11.5 Å². The lowest BCUT2D eigenvalue weighted by atomic mass is 9.85. The van der Waals surface area contributed by atoms with E-state index < -0.39 is 85.8 Å². The van der Waals surface area contributed by atoms with Crippen LogP contribution in [0.2, 0.25) is 0 Å². The van der Waals surface area contributed by atoms with Crippen molar-refractivity contribution in [1.82, 2.24) is 25.2 Å². The Morgan fingerprint density at radius 2 is 1.77 bits per heavy atom. The second-order valence-corrected chi connectivity index (χ2v) is 18.1. The molecule has 1 aromatic carbocycles. The van der Waals surface area contributed by atoms with Gasteiger partial charge in [-0.3, -0.25) is 24.0 Å². The molecule has 0 aromatic heterocycles. The van der Waals surface area contributed by atoms with E-state index >= 15 is 0 Å². The van der Waals surface area contributed by atoms with Gasteiger partial charge in [-0.25, -0.2) is 18.0 Å². The fraction of sp³-hybridized carbons (Fsp3) is 0.629. The summed E-state index contributed by atoms with van der Waals surface area (Å²) in [4.78, 5) is 71.1. The summed E-state index contributed by atoms with van der Waals surface area (Å²) in [5.41, 5.74) is -1.64.